The number of hydrogen-bond donors (Lipinski definition) is 1. The number of ether oxygens (including phenoxy) is 1. The van der Waals surface area contributed by atoms with E-state index in [2.05, 4.69) is 5.32 Å². The second-order valence-corrected chi connectivity index (χ2v) is 7.15. The first kappa shape index (κ1) is 19.9. The fourth-order valence-corrected chi connectivity index (χ4v) is 3.37. The molecule has 3 rings (SSSR count). The minimum atomic E-state index is -1.02. The first-order valence-electron chi connectivity index (χ1n) is 8.96. The number of benzene rings is 2. The van der Waals surface area contributed by atoms with E-state index in [1.165, 1.54) is 18.7 Å². The third-order valence-electron chi connectivity index (χ3n) is 4.68. The molecule has 2 unspecified atom stereocenters. The van der Waals surface area contributed by atoms with Gasteiger partial charge in [-0.05, 0) is 36.2 Å². The third-order valence-corrected chi connectivity index (χ3v) is 4.91. The van der Waals surface area contributed by atoms with Crippen molar-refractivity contribution in [3.05, 3.63) is 64.7 Å². The minimum Gasteiger partial charge on any atom is -0.451 e. The smallest absolute Gasteiger partial charge is 0.329 e. The molecule has 0 aromatic heterocycles. The number of nitrogens with zero attached hydrogens (tertiary/aromatic N) is 1. The molecule has 2 amide bonds. The van der Waals surface area contributed by atoms with Gasteiger partial charge in [-0.1, -0.05) is 41.9 Å². The topological polar surface area (TPSA) is 75.7 Å². The van der Waals surface area contributed by atoms with Crippen molar-refractivity contribution in [2.75, 3.05) is 5.32 Å². The van der Waals surface area contributed by atoms with Crippen molar-refractivity contribution in [1.29, 1.82) is 0 Å². The molecule has 28 heavy (non-hydrogen) atoms. The van der Waals surface area contributed by atoms with E-state index in [0.29, 0.717) is 23.7 Å². The van der Waals surface area contributed by atoms with Gasteiger partial charge in [-0.25, -0.2) is 4.79 Å². The van der Waals surface area contributed by atoms with Gasteiger partial charge in [-0.2, -0.15) is 0 Å². The van der Waals surface area contributed by atoms with Crippen LogP contribution in [-0.4, -0.2) is 34.8 Å². The van der Waals surface area contributed by atoms with Crippen LogP contribution in [-0.2, 0) is 32.1 Å². The van der Waals surface area contributed by atoms with E-state index in [1.54, 1.807) is 24.3 Å². The fourth-order valence-electron chi connectivity index (χ4n) is 3.18. The number of esters is 1. The second-order valence-electron chi connectivity index (χ2n) is 6.71. The Kier molecular flexibility index (Phi) is 5.99. The molecule has 1 heterocycles. The van der Waals surface area contributed by atoms with E-state index >= 15 is 0 Å². The van der Waals surface area contributed by atoms with Crippen molar-refractivity contribution in [3.63, 3.8) is 0 Å². The molecule has 0 saturated carbocycles. The lowest BCUT2D eigenvalue weighted by Gasteiger charge is -2.35. The van der Waals surface area contributed by atoms with Crippen LogP contribution in [0.4, 0.5) is 5.69 Å². The number of amides is 2. The van der Waals surface area contributed by atoms with Crippen molar-refractivity contribution in [3.8, 4) is 0 Å². The average Bonchev–Trinajstić information content (AvgIpc) is 2.66. The first-order valence-corrected chi connectivity index (χ1v) is 9.34. The van der Waals surface area contributed by atoms with Crippen LogP contribution < -0.4 is 5.32 Å². The summed E-state index contributed by atoms with van der Waals surface area (Å²) < 4.78 is 5.37. The maximum absolute atomic E-state index is 12.7. The summed E-state index contributed by atoms with van der Waals surface area (Å²) in [5.41, 5.74) is 2.52. The van der Waals surface area contributed by atoms with E-state index in [4.69, 9.17) is 16.3 Å². The molecule has 2 aromatic carbocycles. The highest BCUT2D eigenvalue weighted by molar-refractivity contribution is 6.30. The van der Waals surface area contributed by atoms with Crippen LogP contribution in [0.15, 0.2) is 48.5 Å². The van der Waals surface area contributed by atoms with Crippen molar-refractivity contribution in [2.24, 2.45) is 0 Å². The van der Waals surface area contributed by atoms with Crippen molar-refractivity contribution >= 4 is 35.1 Å². The highest BCUT2D eigenvalue weighted by Gasteiger charge is 2.35. The summed E-state index contributed by atoms with van der Waals surface area (Å²) in [5.74, 6) is -1.29. The summed E-state index contributed by atoms with van der Waals surface area (Å²) in [7, 11) is 0. The Morgan fingerprint density at radius 3 is 2.54 bits per heavy atom. The normalized spacial score (nSPS) is 16.7. The van der Waals surface area contributed by atoms with Gasteiger partial charge in [0, 0.05) is 30.6 Å². The molecule has 0 spiro atoms. The number of carbonyl (C=O) groups is 3. The van der Waals surface area contributed by atoms with E-state index in [1.807, 2.05) is 24.3 Å². The Balaban J connectivity index is 1.68. The van der Waals surface area contributed by atoms with Crippen LogP contribution in [0.2, 0.25) is 5.02 Å². The highest BCUT2D eigenvalue weighted by atomic mass is 35.5. The van der Waals surface area contributed by atoms with Gasteiger partial charge in [0.05, 0.1) is 0 Å². The predicted molar refractivity (Wildman–Crippen MR) is 106 cm³/mol. The SMILES string of the molecule is CC(=O)N1Cc2ccccc2CC1C(=O)OC(C)C(=O)Nc1cccc(Cl)c1. The quantitative estimate of drug-likeness (QED) is 0.800. The lowest BCUT2D eigenvalue weighted by molar-refractivity contribution is -0.162. The maximum Gasteiger partial charge on any atom is 0.329 e. The number of halogens is 1. The lowest BCUT2D eigenvalue weighted by Crippen LogP contribution is -2.49. The number of rotatable bonds is 4. The summed E-state index contributed by atoms with van der Waals surface area (Å²) in [6, 6.07) is 13.6. The molecule has 2 aromatic rings. The lowest BCUT2D eigenvalue weighted by atomic mass is 9.94. The van der Waals surface area contributed by atoms with Crippen LogP contribution in [0.25, 0.3) is 0 Å². The van der Waals surface area contributed by atoms with E-state index < -0.39 is 24.0 Å². The van der Waals surface area contributed by atoms with Crippen LogP contribution in [0.1, 0.15) is 25.0 Å². The molecule has 146 valence electrons. The molecule has 1 aliphatic rings. The van der Waals surface area contributed by atoms with Crippen molar-refractivity contribution in [1.82, 2.24) is 4.90 Å². The molecule has 0 aliphatic carbocycles. The molecule has 0 saturated heterocycles. The summed E-state index contributed by atoms with van der Waals surface area (Å²) in [6.45, 7) is 3.25. The number of anilines is 1. The van der Waals surface area contributed by atoms with Crippen molar-refractivity contribution in [2.45, 2.75) is 39.0 Å². The zero-order valence-electron chi connectivity index (χ0n) is 15.6. The Hall–Kier alpha value is -2.86. The standard InChI is InChI=1S/C21H21ClN2O4/c1-13(20(26)23-18-9-5-8-17(22)11-18)28-21(27)19-10-15-6-3-4-7-16(15)12-24(19)14(2)25/h3-9,11,13,19H,10,12H2,1-2H3,(H,23,26). The molecule has 1 N–H and O–H groups in total. The van der Waals surface area contributed by atoms with Gasteiger partial charge < -0.3 is 15.0 Å². The number of hydrogen-bond acceptors (Lipinski definition) is 4. The largest absolute Gasteiger partial charge is 0.451 e. The zero-order valence-corrected chi connectivity index (χ0v) is 16.4. The number of nitrogens with one attached hydrogen (secondary N) is 1. The molecule has 6 nitrogen and oxygen atoms in total. The van der Waals surface area contributed by atoms with E-state index in [9.17, 15) is 14.4 Å². The Morgan fingerprint density at radius 2 is 1.86 bits per heavy atom. The monoisotopic (exact) mass is 400 g/mol. The van der Waals surface area contributed by atoms with Crippen LogP contribution in [0.3, 0.4) is 0 Å². The van der Waals surface area contributed by atoms with Gasteiger partial charge in [0.2, 0.25) is 5.91 Å². The molecule has 1 aliphatic heterocycles. The van der Waals surface area contributed by atoms with Gasteiger partial charge in [0.25, 0.3) is 5.91 Å². The van der Waals surface area contributed by atoms with Gasteiger partial charge in [-0.3, -0.25) is 9.59 Å². The summed E-state index contributed by atoms with van der Waals surface area (Å²) in [4.78, 5) is 38.6. The number of fused-ring (bicyclic) bond motifs is 1. The van der Waals surface area contributed by atoms with Gasteiger partial charge >= 0.3 is 5.97 Å². The Bertz CT molecular complexity index is 915. The molecular weight excluding hydrogens is 380 g/mol. The van der Waals surface area contributed by atoms with Crippen molar-refractivity contribution < 1.29 is 19.1 Å². The Labute approximate surface area is 168 Å². The summed E-state index contributed by atoms with van der Waals surface area (Å²) in [6.07, 6.45) is -0.658. The van der Waals surface area contributed by atoms with E-state index in [-0.39, 0.29) is 5.91 Å². The maximum atomic E-state index is 12.7. The average molecular weight is 401 g/mol. The highest BCUT2D eigenvalue weighted by Crippen LogP contribution is 2.24. The molecule has 0 radical (unpaired) electrons. The van der Waals surface area contributed by atoms with Crippen LogP contribution in [0, 0.1) is 0 Å². The summed E-state index contributed by atoms with van der Waals surface area (Å²) >= 11 is 5.91. The van der Waals surface area contributed by atoms with Gasteiger partial charge in [-0.15, -0.1) is 0 Å². The van der Waals surface area contributed by atoms with Crippen LogP contribution >= 0.6 is 11.6 Å². The molecule has 7 heteroatoms. The fraction of sp³-hybridized carbons (Fsp3) is 0.286. The molecular formula is C21H21ClN2O4. The van der Waals surface area contributed by atoms with Crippen LogP contribution in [0.5, 0.6) is 0 Å². The van der Waals surface area contributed by atoms with Gasteiger partial charge in [0.15, 0.2) is 6.10 Å². The summed E-state index contributed by atoms with van der Waals surface area (Å²) in [5, 5.41) is 3.15. The minimum absolute atomic E-state index is 0.215. The van der Waals surface area contributed by atoms with E-state index in [0.717, 1.165) is 11.1 Å². The zero-order chi connectivity index (χ0) is 20.3. The molecule has 0 bridgehead atoms. The number of carbonyl (C=O) groups excluding carboxylic acids is 3. The Morgan fingerprint density at radius 1 is 1.14 bits per heavy atom. The van der Waals surface area contributed by atoms with Gasteiger partial charge in [0.1, 0.15) is 6.04 Å². The second kappa shape index (κ2) is 8.44. The molecule has 0 fully saturated rings. The third kappa shape index (κ3) is 4.51. The first-order chi connectivity index (χ1) is 13.3. The predicted octanol–water partition coefficient (Wildman–Crippen LogP) is 3.18. The molecule has 2 atom stereocenters.